The lowest BCUT2D eigenvalue weighted by Crippen LogP contribution is -2.62. The van der Waals surface area contributed by atoms with Crippen molar-refractivity contribution in [2.24, 2.45) is 0 Å². The lowest BCUT2D eigenvalue weighted by molar-refractivity contribution is -0.163. The maximum absolute atomic E-state index is 12.8. The van der Waals surface area contributed by atoms with E-state index >= 15 is 0 Å². The number of aryl methyl sites for hydroxylation is 1. The number of piperidine rings is 1. The predicted molar refractivity (Wildman–Crippen MR) is 96.3 cm³/mol. The van der Waals surface area contributed by atoms with Crippen molar-refractivity contribution in [3.05, 3.63) is 35.9 Å². The number of hydrogen-bond donors (Lipinski definition) is 1. The van der Waals surface area contributed by atoms with Crippen LogP contribution in [-0.2, 0) is 16.0 Å². The number of rotatable bonds is 5. The Bertz CT molecular complexity index is 613. The first-order chi connectivity index (χ1) is 12.0. The molecule has 3 rings (SSSR count). The van der Waals surface area contributed by atoms with Gasteiger partial charge in [-0.3, -0.25) is 4.79 Å². The molecule has 0 aromatic heterocycles. The van der Waals surface area contributed by atoms with Crippen LogP contribution in [0.15, 0.2) is 30.3 Å². The molecule has 2 fully saturated rings. The molecule has 0 radical (unpaired) electrons. The Morgan fingerprint density at radius 1 is 1.16 bits per heavy atom. The minimum absolute atomic E-state index is 0.0476. The molecule has 2 unspecified atom stereocenters. The Balaban J connectivity index is 1.66. The number of aliphatic carboxylic acids is 1. The highest BCUT2D eigenvalue weighted by molar-refractivity contribution is 5.87. The monoisotopic (exact) mass is 344 g/mol. The topological polar surface area (TPSA) is 60.9 Å². The lowest BCUT2D eigenvalue weighted by atomic mass is 9.84. The van der Waals surface area contributed by atoms with Gasteiger partial charge in [-0.15, -0.1) is 0 Å². The van der Waals surface area contributed by atoms with Crippen LogP contribution < -0.4 is 0 Å². The molecule has 0 aliphatic carbocycles. The SMILES string of the molecule is CC1(C(=O)O)CC(N2CCCC2)CCN1C(=O)CCc1ccccc1. The third kappa shape index (κ3) is 3.87. The lowest BCUT2D eigenvalue weighted by Gasteiger charge is -2.47. The number of carboxylic acids is 1. The van der Waals surface area contributed by atoms with E-state index in [0.29, 0.717) is 25.8 Å². The summed E-state index contributed by atoms with van der Waals surface area (Å²) in [6, 6.07) is 10.2. The number of hydrogen-bond acceptors (Lipinski definition) is 3. The summed E-state index contributed by atoms with van der Waals surface area (Å²) >= 11 is 0. The molecule has 2 atom stereocenters. The molecular formula is C20H28N2O3. The van der Waals surface area contributed by atoms with Gasteiger partial charge < -0.3 is 14.9 Å². The van der Waals surface area contributed by atoms with E-state index in [0.717, 1.165) is 25.1 Å². The van der Waals surface area contributed by atoms with Gasteiger partial charge in [0, 0.05) is 19.0 Å². The third-order valence-corrected chi connectivity index (χ3v) is 5.80. The van der Waals surface area contributed by atoms with Crippen molar-refractivity contribution in [3.8, 4) is 0 Å². The molecule has 2 heterocycles. The zero-order valence-corrected chi connectivity index (χ0v) is 15.0. The molecule has 2 saturated heterocycles. The summed E-state index contributed by atoms with van der Waals surface area (Å²) in [5, 5.41) is 9.85. The standard InChI is InChI=1S/C20H28N2O3/c1-20(19(24)25)15-17(21-12-5-6-13-21)11-14-22(20)18(23)10-9-16-7-3-2-4-8-16/h2-4,7-8,17H,5-6,9-15H2,1H3,(H,24,25). The maximum Gasteiger partial charge on any atom is 0.329 e. The summed E-state index contributed by atoms with van der Waals surface area (Å²) in [5.41, 5.74) is 0.0130. The number of benzene rings is 1. The van der Waals surface area contributed by atoms with Crippen LogP contribution in [0.3, 0.4) is 0 Å². The van der Waals surface area contributed by atoms with Crippen molar-refractivity contribution < 1.29 is 14.7 Å². The Labute approximate surface area is 149 Å². The second kappa shape index (κ2) is 7.56. The maximum atomic E-state index is 12.8. The summed E-state index contributed by atoms with van der Waals surface area (Å²) in [6.07, 6.45) is 4.81. The zero-order chi connectivity index (χ0) is 17.9. The normalized spacial score (nSPS) is 27.4. The molecule has 2 aliphatic heterocycles. The van der Waals surface area contributed by atoms with Crippen molar-refractivity contribution in [2.75, 3.05) is 19.6 Å². The van der Waals surface area contributed by atoms with E-state index in [1.54, 1.807) is 11.8 Å². The van der Waals surface area contributed by atoms with Gasteiger partial charge in [-0.25, -0.2) is 4.79 Å². The van der Waals surface area contributed by atoms with Gasteiger partial charge in [0.05, 0.1) is 0 Å². The summed E-state index contributed by atoms with van der Waals surface area (Å²) in [7, 11) is 0. The Morgan fingerprint density at radius 2 is 1.84 bits per heavy atom. The van der Waals surface area contributed by atoms with Gasteiger partial charge in [0.2, 0.25) is 5.91 Å². The van der Waals surface area contributed by atoms with E-state index in [9.17, 15) is 14.7 Å². The van der Waals surface area contributed by atoms with Crippen LogP contribution >= 0.6 is 0 Å². The summed E-state index contributed by atoms with van der Waals surface area (Å²) in [5.74, 6) is -0.932. The van der Waals surface area contributed by atoms with Crippen molar-refractivity contribution in [1.82, 2.24) is 9.80 Å². The molecule has 5 nitrogen and oxygen atoms in total. The van der Waals surface area contributed by atoms with Crippen LogP contribution in [0.1, 0.15) is 44.6 Å². The Kier molecular flexibility index (Phi) is 5.42. The molecule has 1 amide bonds. The molecule has 25 heavy (non-hydrogen) atoms. The molecule has 2 aliphatic rings. The molecule has 0 spiro atoms. The van der Waals surface area contributed by atoms with Gasteiger partial charge >= 0.3 is 5.97 Å². The molecule has 0 saturated carbocycles. The number of carbonyl (C=O) groups excluding carboxylic acids is 1. The number of likely N-dealkylation sites (tertiary alicyclic amines) is 2. The highest BCUT2D eigenvalue weighted by Gasteiger charge is 2.48. The molecule has 1 aromatic carbocycles. The first-order valence-corrected chi connectivity index (χ1v) is 9.32. The van der Waals surface area contributed by atoms with Gasteiger partial charge in [-0.2, -0.15) is 0 Å². The van der Waals surface area contributed by atoms with Gasteiger partial charge in [0.25, 0.3) is 0 Å². The number of carboxylic acid groups (broad SMARTS) is 1. The molecule has 5 heteroatoms. The first kappa shape index (κ1) is 17.9. The quantitative estimate of drug-likeness (QED) is 0.892. The Morgan fingerprint density at radius 3 is 2.48 bits per heavy atom. The van der Waals surface area contributed by atoms with Gasteiger partial charge in [-0.1, -0.05) is 30.3 Å². The fourth-order valence-corrected chi connectivity index (χ4v) is 4.25. The van der Waals surface area contributed by atoms with Crippen LogP contribution in [0.4, 0.5) is 0 Å². The van der Waals surface area contributed by atoms with Crippen molar-refractivity contribution >= 4 is 11.9 Å². The summed E-state index contributed by atoms with van der Waals surface area (Å²) < 4.78 is 0. The van der Waals surface area contributed by atoms with Crippen LogP contribution in [0.2, 0.25) is 0 Å². The molecule has 1 aromatic rings. The van der Waals surface area contributed by atoms with E-state index in [4.69, 9.17) is 0 Å². The summed E-state index contributed by atoms with van der Waals surface area (Å²) in [6.45, 7) is 4.38. The third-order valence-electron chi connectivity index (χ3n) is 5.80. The Hall–Kier alpha value is -1.88. The number of nitrogens with zero attached hydrogens (tertiary/aromatic N) is 2. The van der Waals surface area contributed by atoms with Gasteiger partial charge in [0.1, 0.15) is 5.54 Å². The average molecular weight is 344 g/mol. The molecule has 136 valence electrons. The van der Waals surface area contributed by atoms with Crippen molar-refractivity contribution in [1.29, 1.82) is 0 Å². The minimum atomic E-state index is -1.10. The number of amides is 1. The zero-order valence-electron chi connectivity index (χ0n) is 15.0. The van der Waals surface area contributed by atoms with E-state index in [1.807, 2.05) is 30.3 Å². The molecular weight excluding hydrogens is 316 g/mol. The average Bonchev–Trinajstić information content (AvgIpc) is 3.15. The predicted octanol–water partition coefficient (Wildman–Crippen LogP) is 2.55. The van der Waals surface area contributed by atoms with E-state index in [1.165, 1.54) is 12.8 Å². The van der Waals surface area contributed by atoms with Gasteiger partial charge in [0.15, 0.2) is 0 Å². The highest BCUT2D eigenvalue weighted by atomic mass is 16.4. The molecule has 1 N–H and O–H groups in total. The molecule has 0 bridgehead atoms. The second-order valence-corrected chi connectivity index (χ2v) is 7.50. The number of carbonyl (C=O) groups is 2. The first-order valence-electron chi connectivity index (χ1n) is 9.32. The van der Waals surface area contributed by atoms with Crippen molar-refractivity contribution in [2.45, 2.75) is 57.0 Å². The van der Waals surface area contributed by atoms with Crippen molar-refractivity contribution in [3.63, 3.8) is 0 Å². The van der Waals surface area contributed by atoms with E-state index in [2.05, 4.69) is 4.90 Å². The largest absolute Gasteiger partial charge is 0.480 e. The van der Waals surface area contributed by atoms with E-state index < -0.39 is 11.5 Å². The van der Waals surface area contributed by atoms with Crippen LogP contribution in [0.5, 0.6) is 0 Å². The fraction of sp³-hybridized carbons (Fsp3) is 0.600. The smallest absolute Gasteiger partial charge is 0.329 e. The van der Waals surface area contributed by atoms with Crippen LogP contribution in [0.25, 0.3) is 0 Å². The second-order valence-electron chi connectivity index (χ2n) is 7.50. The highest BCUT2D eigenvalue weighted by Crippen LogP contribution is 2.33. The van der Waals surface area contributed by atoms with Crippen LogP contribution in [-0.4, -0.2) is 58.0 Å². The summed E-state index contributed by atoms with van der Waals surface area (Å²) in [4.78, 5) is 28.8. The van der Waals surface area contributed by atoms with Crippen LogP contribution in [0, 0.1) is 0 Å². The fourth-order valence-electron chi connectivity index (χ4n) is 4.25. The van der Waals surface area contributed by atoms with E-state index in [-0.39, 0.29) is 11.9 Å². The minimum Gasteiger partial charge on any atom is -0.480 e. The van der Waals surface area contributed by atoms with Gasteiger partial charge in [-0.05, 0) is 57.7 Å².